The summed E-state index contributed by atoms with van der Waals surface area (Å²) in [4.78, 5) is 2.21. The molecule has 0 aliphatic carbocycles. The Kier molecular flexibility index (Phi) is 5.16. The molecule has 0 bridgehead atoms. The highest BCUT2D eigenvalue weighted by Gasteiger charge is 2.07. The molecule has 0 radical (unpaired) electrons. The third-order valence-corrected chi connectivity index (χ3v) is 2.56. The molecular weight excluding hydrogens is 217 g/mol. The Balaban J connectivity index is 2.73. The van der Waals surface area contributed by atoms with Crippen LogP contribution >= 0.6 is 0 Å². The van der Waals surface area contributed by atoms with Crippen LogP contribution in [0.3, 0.4) is 0 Å². The highest BCUT2D eigenvalue weighted by atomic mass is 19.1. The minimum atomic E-state index is -0.309. The van der Waals surface area contributed by atoms with Crippen LogP contribution in [0.5, 0.6) is 5.75 Å². The molecule has 0 heterocycles. The van der Waals surface area contributed by atoms with E-state index in [0.717, 1.165) is 30.8 Å². The van der Waals surface area contributed by atoms with E-state index >= 15 is 0 Å². The van der Waals surface area contributed by atoms with Crippen molar-refractivity contribution < 1.29 is 9.13 Å². The number of benzene rings is 1. The first-order valence-corrected chi connectivity index (χ1v) is 5.76. The van der Waals surface area contributed by atoms with E-state index in [1.165, 1.54) is 13.2 Å². The molecule has 0 aliphatic heterocycles. The second-order valence-electron chi connectivity index (χ2n) is 4.23. The summed E-state index contributed by atoms with van der Waals surface area (Å²) >= 11 is 0. The van der Waals surface area contributed by atoms with Gasteiger partial charge in [-0.05, 0) is 31.2 Å². The van der Waals surface area contributed by atoms with E-state index in [2.05, 4.69) is 18.4 Å². The second-order valence-corrected chi connectivity index (χ2v) is 4.23. The first-order chi connectivity index (χ1) is 8.06. The highest BCUT2D eigenvalue weighted by molar-refractivity contribution is 5.29. The van der Waals surface area contributed by atoms with E-state index in [1.807, 2.05) is 13.0 Å². The highest BCUT2D eigenvalue weighted by Crippen LogP contribution is 2.18. The van der Waals surface area contributed by atoms with E-state index in [0.29, 0.717) is 0 Å². The molecule has 1 aromatic rings. The maximum atomic E-state index is 13.5. The van der Waals surface area contributed by atoms with Crippen LogP contribution in [0.25, 0.3) is 0 Å². The second kappa shape index (κ2) is 6.40. The van der Waals surface area contributed by atoms with Crippen LogP contribution in [0.4, 0.5) is 4.39 Å². The van der Waals surface area contributed by atoms with E-state index < -0.39 is 0 Å². The van der Waals surface area contributed by atoms with Crippen LogP contribution < -0.4 is 4.74 Å². The van der Waals surface area contributed by atoms with Crippen LogP contribution in [-0.2, 0) is 6.54 Å². The zero-order chi connectivity index (χ0) is 12.8. The fourth-order valence-electron chi connectivity index (χ4n) is 1.73. The smallest absolute Gasteiger partial charge is 0.165 e. The molecule has 0 N–H and O–H groups in total. The van der Waals surface area contributed by atoms with Crippen molar-refractivity contribution in [2.75, 3.05) is 20.2 Å². The van der Waals surface area contributed by atoms with E-state index in [-0.39, 0.29) is 11.6 Å². The summed E-state index contributed by atoms with van der Waals surface area (Å²) in [5, 5.41) is 0. The van der Waals surface area contributed by atoms with Gasteiger partial charge in [-0.3, -0.25) is 4.90 Å². The molecule has 0 atom stereocenters. The molecule has 94 valence electrons. The average molecular weight is 237 g/mol. The van der Waals surface area contributed by atoms with Gasteiger partial charge in [0.2, 0.25) is 0 Å². The summed E-state index contributed by atoms with van der Waals surface area (Å²) in [6, 6.07) is 5.09. The van der Waals surface area contributed by atoms with Crippen molar-refractivity contribution in [2.24, 2.45) is 0 Å². The van der Waals surface area contributed by atoms with Gasteiger partial charge in [0.15, 0.2) is 11.6 Å². The summed E-state index contributed by atoms with van der Waals surface area (Å²) in [6.45, 7) is 10.5. The van der Waals surface area contributed by atoms with Gasteiger partial charge in [-0.2, -0.15) is 0 Å². The summed E-state index contributed by atoms with van der Waals surface area (Å²) in [7, 11) is 1.47. The topological polar surface area (TPSA) is 12.5 Å². The molecule has 0 aliphatic rings. The van der Waals surface area contributed by atoms with Crippen molar-refractivity contribution in [1.82, 2.24) is 4.90 Å². The third kappa shape index (κ3) is 4.19. The van der Waals surface area contributed by atoms with E-state index in [4.69, 9.17) is 4.74 Å². The molecule has 3 heteroatoms. The Bertz CT molecular complexity index is 390. The molecule has 17 heavy (non-hydrogen) atoms. The Labute approximate surface area is 103 Å². The lowest BCUT2D eigenvalue weighted by Crippen LogP contribution is -2.24. The van der Waals surface area contributed by atoms with Gasteiger partial charge in [-0.1, -0.05) is 25.1 Å². The first kappa shape index (κ1) is 13.7. The van der Waals surface area contributed by atoms with Crippen molar-refractivity contribution in [3.8, 4) is 5.75 Å². The molecule has 1 aromatic carbocycles. The number of halogens is 1. The average Bonchev–Trinajstić information content (AvgIpc) is 2.27. The Morgan fingerprint density at radius 3 is 2.65 bits per heavy atom. The van der Waals surface area contributed by atoms with Gasteiger partial charge in [-0.15, -0.1) is 0 Å². The van der Waals surface area contributed by atoms with Crippen molar-refractivity contribution in [2.45, 2.75) is 20.4 Å². The quantitative estimate of drug-likeness (QED) is 0.704. The maximum Gasteiger partial charge on any atom is 0.165 e. The summed E-state index contributed by atoms with van der Waals surface area (Å²) < 4.78 is 18.4. The van der Waals surface area contributed by atoms with Gasteiger partial charge in [0, 0.05) is 13.1 Å². The molecule has 2 nitrogen and oxygen atoms in total. The number of rotatable bonds is 6. The molecular formula is C14H20FNO. The fourth-order valence-corrected chi connectivity index (χ4v) is 1.73. The van der Waals surface area contributed by atoms with Gasteiger partial charge in [0.1, 0.15) is 0 Å². The largest absolute Gasteiger partial charge is 0.494 e. The minimum Gasteiger partial charge on any atom is -0.494 e. The lowest BCUT2D eigenvalue weighted by molar-refractivity contribution is 0.303. The first-order valence-electron chi connectivity index (χ1n) is 5.76. The molecule has 0 fully saturated rings. The van der Waals surface area contributed by atoms with E-state index in [9.17, 15) is 4.39 Å². The van der Waals surface area contributed by atoms with Crippen molar-refractivity contribution >= 4 is 0 Å². The number of hydrogen-bond acceptors (Lipinski definition) is 2. The maximum absolute atomic E-state index is 13.5. The van der Waals surface area contributed by atoms with Crippen LogP contribution in [0.15, 0.2) is 30.4 Å². The van der Waals surface area contributed by atoms with Gasteiger partial charge < -0.3 is 4.74 Å². The summed E-state index contributed by atoms with van der Waals surface area (Å²) in [5.74, 6) is -0.0203. The summed E-state index contributed by atoms with van der Waals surface area (Å²) in [5.41, 5.74) is 2.06. The minimum absolute atomic E-state index is 0.289. The lowest BCUT2D eigenvalue weighted by atomic mass is 10.2. The Morgan fingerprint density at radius 2 is 2.18 bits per heavy atom. The van der Waals surface area contributed by atoms with Gasteiger partial charge >= 0.3 is 0 Å². The van der Waals surface area contributed by atoms with Crippen molar-refractivity contribution in [1.29, 1.82) is 0 Å². The molecule has 0 unspecified atom stereocenters. The predicted octanol–water partition coefficient (Wildman–Crippen LogP) is 3.23. The number of ether oxygens (including phenoxy) is 1. The fraction of sp³-hybridized carbons (Fsp3) is 0.429. The SMILES string of the molecule is C=C(C)CN(CC)Cc1ccc(OC)c(F)c1. The Morgan fingerprint density at radius 1 is 1.47 bits per heavy atom. The van der Waals surface area contributed by atoms with Crippen LogP contribution in [-0.4, -0.2) is 25.1 Å². The molecule has 1 rings (SSSR count). The van der Waals surface area contributed by atoms with Crippen molar-refractivity contribution in [3.63, 3.8) is 0 Å². The summed E-state index contributed by atoms with van der Waals surface area (Å²) in [6.07, 6.45) is 0. The number of hydrogen-bond donors (Lipinski definition) is 0. The Hall–Kier alpha value is -1.35. The predicted molar refractivity (Wildman–Crippen MR) is 68.7 cm³/mol. The zero-order valence-corrected chi connectivity index (χ0v) is 10.8. The van der Waals surface area contributed by atoms with Crippen molar-refractivity contribution in [3.05, 3.63) is 41.7 Å². The van der Waals surface area contributed by atoms with Gasteiger partial charge in [0.25, 0.3) is 0 Å². The number of likely N-dealkylation sites (N-methyl/N-ethyl adjacent to an activating group) is 1. The zero-order valence-electron chi connectivity index (χ0n) is 10.8. The number of nitrogens with zero attached hydrogens (tertiary/aromatic N) is 1. The lowest BCUT2D eigenvalue weighted by Gasteiger charge is -2.20. The molecule has 0 aromatic heterocycles. The van der Waals surface area contributed by atoms with Gasteiger partial charge in [-0.25, -0.2) is 4.39 Å². The van der Waals surface area contributed by atoms with E-state index in [1.54, 1.807) is 6.07 Å². The van der Waals surface area contributed by atoms with Crippen LogP contribution in [0.2, 0.25) is 0 Å². The van der Waals surface area contributed by atoms with Crippen LogP contribution in [0, 0.1) is 5.82 Å². The molecule has 0 saturated carbocycles. The van der Waals surface area contributed by atoms with Crippen LogP contribution in [0.1, 0.15) is 19.4 Å². The molecule has 0 amide bonds. The molecule has 0 spiro atoms. The molecule has 0 saturated heterocycles. The third-order valence-electron chi connectivity index (χ3n) is 2.56. The number of methoxy groups -OCH3 is 1. The monoisotopic (exact) mass is 237 g/mol. The van der Waals surface area contributed by atoms with Gasteiger partial charge in [0.05, 0.1) is 7.11 Å². The normalized spacial score (nSPS) is 10.6. The standard InChI is InChI=1S/C14H20FNO/c1-5-16(9-11(2)3)10-12-6-7-14(17-4)13(15)8-12/h6-8H,2,5,9-10H2,1,3-4H3.